The average Bonchev–Trinajstić information content (AvgIpc) is 3.51. The number of rotatable bonds is 7. The van der Waals surface area contributed by atoms with E-state index in [9.17, 15) is 18.0 Å². The minimum atomic E-state index is -3.31. The van der Waals surface area contributed by atoms with E-state index in [1.165, 1.54) is 30.3 Å². The van der Waals surface area contributed by atoms with E-state index in [2.05, 4.69) is 11.8 Å². The number of hydrogen-bond acceptors (Lipinski definition) is 5. The number of hydrogen-bond donors (Lipinski definition) is 0. The van der Waals surface area contributed by atoms with Crippen molar-refractivity contribution in [3.05, 3.63) is 63.6 Å². The number of likely N-dealkylation sites (tertiary alicyclic amines) is 1. The van der Waals surface area contributed by atoms with Crippen LogP contribution in [0, 0.1) is 24.7 Å². The lowest BCUT2D eigenvalue weighted by atomic mass is 10.1. The highest BCUT2D eigenvalue weighted by atomic mass is 32.2. The smallest absolute Gasteiger partial charge is 0.260 e. The van der Waals surface area contributed by atoms with Crippen LogP contribution in [0.4, 0.5) is 0 Å². The van der Waals surface area contributed by atoms with Crippen LogP contribution in [-0.2, 0) is 21.4 Å². The first-order valence-corrected chi connectivity index (χ1v) is 13.6. The second kappa shape index (κ2) is 10.3. The number of aromatic nitrogens is 1. The third-order valence-corrected chi connectivity index (χ3v) is 7.86. The zero-order valence-corrected chi connectivity index (χ0v) is 21.2. The fourth-order valence-corrected chi connectivity index (χ4v) is 4.76. The van der Waals surface area contributed by atoms with Crippen molar-refractivity contribution in [2.75, 3.05) is 33.0 Å². The number of carbonyl (C=O) groups is 1. The van der Waals surface area contributed by atoms with E-state index >= 15 is 0 Å². The van der Waals surface area contributed by atoms with E-state index in [0.29, 0.717) is 37.7 Å². The molecular weight excluding hydrogens is 466 g/mol. The van der Waals surface area contributed by atoms with Crippen LogP contribution < -0.4 is 10.3 Å². The number of benzene rings is 1. The predicted octanol–water partition coefficient (Wildman–Crippen LogP) is 1.84. The van der Waals surface area contributed by atoms with Gasteiger partial charge in [0, 0.05) is 49.4 Å². The molecule has 0 N–H and O–H groups in total. The summed E-state index contributed by atoms with van der Waals surface area (Å²) in [5.41, 5.74) is 2.50. The summed E-state index contributed by atoms with van der Waals surface area (Å²) in [6, 6.07) is 10.8. The maximum Gasteiger partial charge on any atom is 0.260 e. The van der Waals surface area contributed by atoms with E-state index in [1.807, 2.05) is 31.2 Å². The molecule has 1 atom stereocenters. The van der Waals surface area contributed by atoms with Gasteiger partial charge in [-0.15, -0.1) is 0 Å². The Morgan fingerprint density at radius 2 is 1.89 bits per heavy atom. The molecule has 2 aliphatic rings. The summed E-state index contributed by atoms with van der Waals surface area (Å²) in [5.74, 6) is 7.10. The van der Waals surface area contributed by atoms with Crippen molar-refractivity contribution in [1.82, 2.24) is 13.8 Å². The molecule has 0 radical (unpaired) electrons. The van der Waals surface area contributed by atoms with Gasteiger partial charge in [0.05, 0.1) is 12.8 Å². The summed E-state index contributed by atoms with van der Waals surface area (Å²) in [6.07, 6.45) is 4.13. The van der Waals surface area contributed by atoms with E-state index < -0.39 is 10.0 Å². The molecule has 1 aromatic heterocycles. The van der Waals surface area contributed by atoms with Crippen molar-refractivity contribution in [3.8, 4) is 17.6 Å². The highest BCUT2D eigenvalue weighted by Gasteiger charge is 2.32. The standard InChI is InChI=1S/C26H31N3O5S/c1-19-14-24(34-18-26(31)28-13-12-23(17-28)27(2)35(3,32)33)15-25(30)29(19)16-22-10-8-21(9-11-22)7-6-20-4-5-20/h8-11,14-15,20,23H,4-5,12-13,16-18H2,1-3H3/t23-/m1/s1. The van der Waals surface area contributed by atoms with Gasteiger partial charge in [-0.3, -0.25) is 9.59 Å². The van der Waals surface area contributed by atoms with Crippen molar-refractivity contribution < 1.29 is 17.9 Å². The molecule has 0 spiro atoms. The van der Waals surface area contributed by atoms with Crippen LogP contribution in [0.5, 0.6) is 5.75 Å². The van der Waals surface area contributed by atoms with Gasteiger partial charge in [-0.2, -0.15) is 0 Å². The van der Waals surface area contributed by atoms with Crippen LogP contribution >= 0.6 is 0 Å². The quantitative estimate of drug-likeness (QED) is 0.545. The lowest BCUT2D eigenvalue weighted by Crippen LogP contribution is -2.40. The molecule has 1 aliphatic carbocycles. The van der Waals surface area contributed by atoms with E-state index in [-0.39, 0.29) is 24.1 Å². The molecule has 9 heteroatoms. The van der Waals surface area contributed by atoms with E-state index in [0.717, 1.165) is 23.1 Å². The Labute approximate surface area is 206 Å². The lowest BCUT2D eigenvalue weighted by molar-refractivity contribution is -0.132. The van der Waals surface area contributed by atoms with Gasteiger partial charge in [0.1, 0.15) is 5.75 Å². The number of aryl methyl sites for hydroxylation is 1. The van der Waals surface area contributed by atoms with Crippen LogP contribution in [0.15, 0.2) is 41.2 Å². The Hall–Kier alpha value is -3.09. The molecule has 1 saturated carbocycles. The summed E-state index contributed by atoms with van der Waals surface area (Å²) < 4.78 is 32.1. The van der Waals surface area contributed by atoms with Gasteiger partial charge in [-0.05, 0) is 49.9 Å². The van der Waals surface area contributed by atoms with Gasteiger partial charge in [0.15, 0.2) is 6.61 Å². The van der Waals surface area contributed by atoms with Crippen molar-refractivity contribution in [2.45, 2.75) is 38.8 Å². The van der Waals surface area contributed by atoms with Crippen LogP contribution in [-0.4, -0.2) is 67.1 Å². The zero-order valence-electron chi connectivity index (χ0n) is 20.4. The molecule has 1 aromatic carbocycles. The van der Waals surface area contributed by atoms with Gasteiger partial charge in [-0.25, -0.2) is 12.7 Å². The third kappa shape index (κ3) is 6.53. The van der Waals surface area contributed by atoms with Crippen molar-refractivity contribution >= 4 is 15.9 Å². The summed E-state index contributed by atoms with van der Waals surface area (Å²) in [4.78, 5) is 26.9. The van der Waals surface area contributed by atoms with Crippen LogP contribution in [0.25, 0.3) is 0 Å². The Kier molecular flexibility index (Phi) is 7.33. The number of ether oxygens (including phenoxy) is 1. The van der Waals surface area contributed by atoms with Crippen LogP contribution in [0.1, 0.15) is 36.1 Å². The maximum absolute atomic E-state index is 12.7. The molecule has 0 bridgehead atoms. The first-order chi connectivity index (χ1) is 16.6. The molecule has 1 amide bonds. The molecule has 1 aliphatic heterocycles. The molecule has 186 valence electrons. The molecular formula is C26H31N3O5S. The van der Waals surface area contributed by atoms with Crippen molar-refractivity contribution in [3.63, 3.8) is 0 Å². The molecule has 1 saturated heterocycles. The average molecular weight is 498 g/mol. The van der Waals surface area contributed by atoms with Crippen molar-refractivity contribution in [2.24, 2.45) is 5.92 Å². The predicted molar refractivity (Wildman–Crippen MR) is 134 cm³/mol. The molecule has 35 heavy (non-hydrogen) atoms. The third-order valence-electron chi connectivity index (χ3n) is 6.52. The molecule has 2 heterocycles. The SMILES string of the molecule is Cc1cc(OCC(=O)N2CC[C@@H](N(C)S(C)(=O)=O)C2)cc(=O)n1Cc1ccc(C#CC2CC2)cc1. The van der Waals surface area contributed by atoms with Crippen LogP contribution in [0.2, 0.25) is 0 Å². The normalized spacial score (nSPS) is 17.8. The molecule has 2 aromatic rings. The van der Waals surface area contributed by atoms with Gasteiger partial charge in [-0.1, -0.05) is 24.0 Å². The topological polar surface area (TPSA) is 88.9 Å². The highest BCUT2D eigenvalue weighted by Crippen LogP contribution is 2.27. The minimum absolute atomic E-state index is 0.207. The van der Waals surface area contributed by atoms with E-state index in [4.69, 9.17) is 4.74 Å². The van der Waals surface area contributed by atoms with Gasteiger partial charge in [0.25, 0.3) is 11.5 Å². The van der Waals surface area contributed by atoms with E-state index in [1.54, 1.807) is 15.5 Å². The summed E-state index contributed by atoms with van der Waals surface area (Å²) in [5, 5.41) is 0. The van der Waals surface area contributed by atoms with Gasteiger partial charge in [0.2, 0.25) is 10.0 Å². The molecule has 0 unspecified atom stereocenters. The fourth-order valence-electron chi connectivity index (χ4n) is 4.05. The number of likely N-dealkylation sites (N-methyl/N-ethyl adjacent to an activating group) is 1. The van der Waals surface area contributed by atoms with Crippen LogP contribution in [0.3, 0.4) is 0 Å². The molecule has 2 fully saturated rings. The highest BCUT2D eigenvalue weighted by molar-refractivity contribution is 7.88. The lowest BCUT2D eigenvalue weighted by Gasteiger charge is -2.22. The monoisotopic (exact) mass is 497 g/mol. The minimum Gasteiger partial charge on any atom is -0.484 e. The Balaban J connectivity index is 1.33. The van der Waals surface area contributed by atoms with Crippen molar-refractivity contribution in [1.29, 1.82) is 0 Å². The molecule has 4 rings (SSSR count). The number of amides is 1. The summed E-state index contributed by atoms with van der Waals surface area (Å²) in [6.45, 7) is 2.86. The number of nitrogens with zero attached hydrogens (tertiary/aromatic N) is 3. The maximum atomic E-state index is 12.7. The number of sulfonamides is 1. The number of carbonyl (C=O) groups excluding carboxylic acids is 1. The largest absolute Gasteiger partial charge is 0.484 e. The first kappa shape index (κ1) is 25.0. The number of pyridine rings is 1. The Morgan fingerprint density at radius 3 is 2.51 bits per heavy atom. The fraction of sp³-hybridized carbons (Fsp3) is 0.462. The second-order valence-electron chi connectivity index (χ2n) is 9.35. The first-order valence-electron chi connectivity index (χ1n) is 11.8. The Morgan fingerprint density at radius 1 is 1.17 bits per heavy atom. The summed E-state index contributed by atoms with van der Waals surface area (Å²) >= 11 is 0. The Bertz CT molecular complexity index is 1320. The second-order valence-corrected chi connectivity index (χ2v) is 11.4. The van der Waals surface area contributed by atoms with Gasteiger partial charge < -0.3 is 14.2 Å². The summed E-state index contributed by atoms with van der Waals surface area (Å²) in [7, 11) is -1.78. The zero-order chi connectivity index (χ0) is 25.2. The molecule has 8 nitrogen and oxygen atoms in total. The van der Waals surface area contributed by atoms with Gasteiger partial charge >= 0.3 is 0 Å².